The minimum absolute atomic E-state index is 0.132. The molecule has 0 amide bonds. The SMILES string of the molecule is CCOC(=O)[C@H](C)C[C@@H](Cc1ccc(-c2ccccc2)cc1)NC(CC=O)C(=O)O. The van der Waals surface area contributed by atoms with Crippen LogP contribution in [0.25, 0.3) is 11.1 Å². The van der Waals surface area contributed by atoms with Gasteiger partial charge in [-0.05, 0) is 36.5 Å². The second kappa shape index (κ2) is 11.9. The van der Waals surface area contributed by atoms with Crippen molar-refractivity contribution < 1.29 is 24.2 Å². The number of hydrogen-bond donors (Lipinski definition) is 2. The molecular weight excluding hydrogens is 382 g/mol. The van der Waals surface area contributed by atoms with E-state index in [0.717, 1.165) is 16.7 Å². The zero-order valence-electron chi connectivity index (χ0n) is 17.4. The van der Waals surface area contributed by atoms with E-state index in [2.05, 4.69) is 5.32 Å². The van der Waals surface area contributed by atoms with E-state index in [4.69, 9.17) is 4.74 Å². The van der Waals surface area contributed by atoms with Crippen LogP contribution in [0.2, 0.25) is 0 Å². The van der Waals surface area contributed by atoms with E-state index in [0.29, 0.717) is 25.7 Å². The molecule has 30 heavy (non-hydrogen) atoms. The van der Waals surface area contributed by atoms with Gasteiger partial charge in [0.25, 0.3) is 0 Å². The molecular formula is C24H29NO5. The highest BCUT2D eigenvalue weighted by atomic mass is 16.5. The van der Waals surface area contributed by atoms with Crippen LogP contribution in [0.1, 0.15) is 32.3 Å². The van der Waals surface area contributed by atoms with Crippen molar-refractivity contribution in [1.29, 1.82) is 0 Å². The summed E-state index contributed by atoms with van der Waals surface area (Å²) in [6, 6.07) is 16.8. The van der Waals surface area contributed by atoms with Crippen LogP contribution in [0, 0.1) is 5.92 Å². The fourth-order valence-corrected chi connectivity index (χ4v) is 3.39. The summed E-state index contributed by atoms with van der Waals surface area (Å²) in [6.07, 6.45) is 1.39. The van der Waals surface area contributed by atoms with Crippen molar-refractivity contribution >= 4 is 18.2 Å². The third-order valence-electron chi connectivity index (χ3n) is 4.94. The van der Waals surface area contributed by atoms with Crippen LogP contribution in [0.15, 0.2) is 54.6 Å². The number of carboxylic acids is 1. The van der Waals surface area contributed by atoms with E-state index in [1.807, 2.05) is 54.6 Å². The highest BCUT2D eigenvalue weighted by Gasteiger charge is 2.25. The van der Waals surface area contributed by atoms with Crippen molar-refractivity contribution in [3.8, 4) is 11.1 Å². The summed E-state index contributed by atoms with van der Waals surface area (Å²) in [7, 11) is 0. The Morgan fingerprint density at radius 1 is 1.07 bits per heavy atom. The number of nitrogens with one attached hydrogen (secondary N) is 1. The van der Waals surface area contributed by atoms with Gasteiger partial charge in [-0.3, -0.25) is 9.59 Å². The summed E-state index contributed by atoms with van der Waals surface area (Å²) in [5.41, 5.74) is 3.22. The number of carbonyl (C=O) groups is 3. The lowest BCUT2D eigenvalue weighted by Crippen LogP contribution is -2.45. The van der Waals surface area contributed by atoms with Crippen LogP contribution in [0.5, 0.6) is 0 Å². The van der Waals surface area contributed by atoms with Gasteiger partial charge in [-0.1, -0.05) is 61.5 Å². The van der Waals surface area contributed by atoms with Gasteiger partial charge in [0.15, 0.2) is 0 Å². The highest BCUT2D eigenvalue weighted by molar-refractivity contribution is 5.77. The molecule has 0 aliphatic rings. The van der Waals surface area contributed by atoms with Crippen LogP contribution in [0.4, 0.5) is 0 Å². The van der Waals surface area contributed by atoms with Gasteiger partial charge in [-0.2, -0.15) is 0 Å². The summed E-state index contributed by atoms with van der Waals surface area (Å²) < 4.78 is 5.08. The van der Waals surface area contributed by atoms with Crippen LogP contribution in [0.3, 0.4) is 0 Å². The minimum Gasteiger partial charge on any atom is -0.480 e. The molecule has 0 heterocycles. The first kappa shape index (κ1) is 23.3. The number of aldehydes is 1. The number of esters is 1. The number of carboxylic acid groups (broad SMARTS) is 1. The lowest BCUT2D eigenvalue weighted by molar-refractivity contribution is -0.147. The second-order valence-corrected chi connectivity index (χ2v) is 7.31. The first-order valence-electron chi connectivity index (χ1n) is 10.2. The molecule has 0 aromatic heterocycles. The normalized spacial score (nSPS) is 13.8. The predicted octanol–water partition coefficient (Wildman–Crippen LogP) is 3.49. The van der Waals surface area contributed by atoms with E-state index >= 15 is 0 Å². The first-order chi connectivity index (χ1) is 14.4. The monoisotopic (exact) mass is 411 g/mol. The molecule has 1 unspecified atom stereocenters. The van der Waals surface area contributed by atoms with Gasteiger partial charge in [0.05, 0.1) is 12.5 Å². The quantitative estimate of drug-likeness (QED) is 0.410. The van der Waals surface area contributed by atoms with Crippen molar-refractivity contribution in [3.63, 3.8) is 0 Å². The zero-order chi connectivity index (χ0) is 21.9. The highest BCUT2D eigenvalue weighted by Crippen LogP contribution is 2.21. The largest absolute Gasteiger partial charge is 0.480 e. The molecule has 0 fully saturated rings. The smallest absolute Gasteiger partial charge is 0.321 e. The van der Waals surface area contributed by atoms with Gasteiger partial charge in [0, 0.05) is 12.5 Å². The Balaban J connectivity index is 2.15. The molecule has 3 atom stereocenters. The van der Waals surface area contributed by atoms with Crippen molar-refractivity contribution in [2.24, 2.45) is 5.92 Å². The topological polar surface area (TPSA) is 92.7 Å². The Bertz CT molecular complexity index is 819. The third-order valence-corrected chi connectivity index (χ3v) is 4.94. The summed E-state index contributed by atoms with van der Waals surface area (Å²) in [6.45, 7) is 3.81. The van der Waals surface area contributed by atoms with Crippen molar-refractivity contribution in [2.45, 2.75) is 45.2 Å². The van der Waals surface area contributed by atoms with Gasteiger partial charge in [-0.15, -0.1) is 0 Å². The summed E-state index contributed by atoms with van der Waals surface area (Å²) in [4.78, 5) is 34.4. The number of hydrogen-bond acceptors (Lipinski definition) is 5. The average Bonchev–Trinajstić information content (AvgIpc) is 2.74. The fourth-order valence-electron chi connectivity index (χ4n) is 3.39. The summed E-state index contributed by atoms with van der Waals surface area (Å²) >= 11 is 0. The van der Waals surface area contributed by atoms with Crippen molar-refractivity contribution in [1.82, 2.24) is 5.32 Å². The zero-order valence-corrected chi connectivity index (χ0v) is 17.4. The molecule has 0 bridgehead atoms. The lowest BCUT2D eigenvalue weighted by Gasteiger charge is -2.25. The molecule has 2 rings (SSSR count). The summed E-state index contributed by atoms with van der Waals surface area (Å²) in [5.74, 6) is -1.79. The van der Waals surface area contributed by atoms with Crippen LogP contribution in [-0.4, -0.2) is 42.0 Å². The Kier molecular flexibility index (Phi) is 9.22. The van der Waals surface area contributed by atoms with Crippen LogP contribution in [-0.2, 0) is 25.5 Å². The lowest BCUT2D eigenvalue weighted by atomic mass is 9.94. The van der Waals surface area contributed by atoms with Gasteiger partial charge < -0.3 is 20.0 Å². The van der Waals surface area contributed by atoms with E-state index < -0.39 is 17.9 Å². The molecule has 2 N–H and O–H groups in total. The Morgan fingerprint density at radius 3 is 2.27 bits per heavy atom. The van der Waals surface area contributed by atoms with Crippen LogP contribution >= 0.6 is 0 Å². The molecule has 0 radical (unpaired) electrons. The molecule has 6 heteroatoms. The van der Waals surface area contributed by atoms with E-state index in [1.165, 1.54) is 0 Å². The van der Waals surface area contributed by atoms with E-state index in [1.54, 1.807) is 13.8 Å². The van der Waals surface area contributed by atoms with Gasteiger partial charge >= 0.3 is 11.9 Å². The van der Waals surface area contributed by atoms with Crippen molar-refractivity contribution in [3.05, 3.63) is 60.2 Å². The maximum Gasteiger partial charge on any atom is 0.321 e. The van der Waals surface area contributed by atoms with E-state index in [-0.39, 0.29) is 18.4 Å². The maximum atomic E-state index is 12.1. The second-order valence-electron chi connectivity index (χ2n) is 7.31. The maximum absolute atomic E-state index is 12.1. The van der Waals surface area contributed by atoms with Crippen LogP contribution < -0.4 is 5.32 Å². The Morgan fingerprint density at radius 2 is 1.70 bits per heavy atom. The first-order valence-corrected chi connectivity index (χ1v) is 10.2. The molecule has 2 aromatic carbocycles. The number of aliphatic carboxylic acids is 1. The molecule has 0 aliphatic carbocycles. The van der Waals surface area contributed by atoms with Gasteiger partial charge in [0.1, 0.15) is 12.3 Å². The number of benzene rings is 2. The minimum atomic E-state index is -1.09. The molecule has 2 aromatic rings. The van der Waals surface area contributed by atoms with Gasteiger partial charge in [0.2, 0.25) is 0 Å². The number of rotatable bonds is 12. The summed E-state index contributed by atoms with van der Waals surface area (Å²) in [5, 5.41) is 12.4. The molecule has 6 nitrogen and oxygen atoms in total. The molecule has 0 saturated heterocycles. The Hall–Kier alpha value is -2.99. The number of carbonyl (C=O) groups excluding carboxylic acids is 2. The average molecular weight is 411 g/mol. The third kappa shape index (κ3) is 7.12. The standard InChI is InChI=1S/C24H29NO5/c1-3-30-24(29)17(2)15-21(25-22(13-14-26)23(27)28)16-18-9-11-20(12-10-18)19-7-5-4-6-8-19/h4-12,14,17,21-22,25H,3,13,15-16H2,1-2H3,(H,27,28)/t17-,21+,22?/m1/s1. The fraction of sp³-hybridized carbons (Fsp3) is 0.375. The number of ether oxygens (including phenoxy) is 1. The van der Waals surface area contributed by atoms with E-state index in [9.17, 15) is 19.5 Å². The molecule has 0 aliphatic heterocycles. The van der Waals surface area contributed by atoms with Crippen molar-refractivity contribution in [2.75, 3.05) is 6.61 Å². The van der Waals surface area contributed by atoms with Gasteiger partial charge in [-0.25, -0.2) is 0 Å². The predicted molar refractivity (Wildman–Crippen MR) is 115 cm³/mol. The molecule has 0 spiro atoms. The molecule has 160 valence electrons. The Labute approximate surface area is 177 Å². The molecule has 0 saturated carbocycles.